The lowest BCUT2D eigenvalue weighted by Crippen LogP contribution is -2.41. The van der Waals surface area contributed by atoms with E-state index in [4.69, 9.17) is 11.6 Å². The topological polar surface area (TPSA) is 57.7 Å². The van der Waals surface area contributed by atoms with Gasteiger partial charge in [0.25, 0.3) is 0 Å². The molecule has 0 saturated carbocycles. The summed E-state index contributed by atoms with van der Waals surface area (Å²) in [6, 6.07) is 6.45. The molecule has 1 amide bonds. The molecule has 0 heterocycles. The maximum atomic E-state index is 12.2. The number of hydrogen-bond donors (Lipinski definition) is 0. The van der Waals surface area contributed by atoms with Crippen LogP contribution >= 0.6 is 11.6 Å². The number of amides is 1. The SMILES string of the molecule is CCCCN(C)C(=O)CN(c1cccc(Cl)c1)S(C)(=O)=O. The van der Waals surface area contributed by atoms with E-state index in [0.717, 1.165) is 23.4 Å². The van der Waals surface area contributed by atoms with Gasteiger partial charge in [-0.25, -0.2) is 8.42 Å². The molecule has 1 aromatic carbocycles. The van der Waals surface area contributed by atoms with Crippen LogP contribution in [0, 0.1) is 0 Å². The van der Waals surface area contributed by atoms with E-state index in [0.29, 0.717) is 17.3 Å². The van der Waals surface area contributed by atoms with Crippen molar-refractivity contribution in [1.82, 2.24) is 4.90 Å². The van der Waals surface area contributed by atoms with Crippen molar-refractivity contribution in [3.05, 3.63) is 29.3 Å². The lowest BCUT2D eigenvalue weighted by atomic mass is 10.3. The fraction of sp³-hybridized carbons (Fsp3) is 0.500. The van der Waals surface area contributed by atoms with Crippen molar-refractivity contribution in [3.8, 4) is 0 Å². The summed E-state index contributed by atoms with van der Waals surface area (Å²) in [5, 5.41) is 0.424. The van der Waals surface area contributed by atoms with Crippen LogP contribution in [0.5, 0.6) is 0 Å². The molecule has 0 aliphatic heterocycles. The number of hydrogen-bond acceptors (Lipinski definition) is 3. The molecule has 21 heavy (non-hydrogen) atoms. The molecule has 1 rings (SSSR count). The minimum Gasteiger partial charge on any atom is -0.344 e. The fourth-order valence-corrected chi connectivity index (χ4v) is 2.82. The van der Waals surface area contributed by atoms with Gasteiger partial charge in [-0.1, -0.05) is 31.0 Å². The number of halogens is 1. The first-order valence-corrected chi connectivity index (χ1v) is 8.95. The first-order valence-electron chi connectivity index (χ1n) is 6.73. The van der Waals surface area contributed by atoms with E-state index in [1.807, 2.05) is 6.92 Å². The maximum absolute atomic E-state index is 12.2. The van der Waals surface area contributed by atoms with Gasteiger partial charge in [0, 0.05) is 18.6 Å². The summed E-state index contributed by atoms with van der Waals surface area (Å²) in [6.45, 7) is 2.43. The van der Waals surface area contributed by atoms with Crippen LogP contribution in [0.4, 0.5) is 5.69 Å². The van der Waals surface area contributed by atoms with Gasteiger partial charge in [-0.15, -0.1) is 0 Å². The summed E-state index contributed by atoms with van der Waals surface area (Å²) in [4.78, 5) is 13.7. The molecule has 0 bridgehead atoms. The van der Waals surface area contributed by atoms with E-state index >= 15 is 0 Å². The molecule has 7 heteroatoms. The Balaban J connectivity index is 2.93. The monoisotopic (exact) mass is 332 g/mol. The number of nitrogens with zero attached hydrogens (tertiary/aromatic N) is 2. The number of benzene rings is 1. The highest BCUT2D eigenvalue weighted by atomic mass is 35.5. The van der Waals surface area contributed by atoms with Crippen molar-refractivity contribution in [2.45, 2.75) is 19.8 Å². The Morgan fingerprint density at radius 2 is 2.00 bits per heavy atom. The van der Waals surface area contributed by atoms with Crippen molar-refractivity contribution in [2.24, 2.45) is 0 Å². The predicted octanol–water partition coefficient (Wildman–Crippen LogP) is 2.36. The van der Waals surface area contributed by atoms with Crippen LogP contribution in [0.2, 0.25) is 5.02 Å². The third kappa shape index (κ3) is 5.55. The maximum Gasteiger partial charge on any atom is 0.243 e. The normalized spacial score (nSPS) is 11.2. The van der Waals surface area contributed by atoms with E-state index in [1.54, 1.807) is 30.1 Å². The van der Waals surface area contributed by atoms with Crippen LogP contribution in [0.3, 0.4) is 0 Å². The van der Waals surface area contributed by atoms with Gasteiger partial charge in [0.05, 0.1) is 11.9 Å². The molecule has 0 aliphatic rings. The molecule has 0 N–H and O–H groups in total. The molecule has 0 fully saturated rings. The summed E-state index contributed by atoms with van der Waals surface area (Å²) in [7, 11) is -1.88. The van der Waals surface area contributed by atoms with Crippen molar-refractivity contribution < 1.29 is 13.2 Å². The second-order valence-corrected chi connectivity index (χ2v) is 7.26. The second kappa shape index (κ2) is 7.66. The van der Waals surface area contributed by atoms with E-state index in [2.05, 4.69) is 0 Å². The van der Waals surface area contributed by atoms with Gasteiger partial charge in [-0.05, 0) is 24.6 Å². The number of anilines is 1. The first kappa shape index (κ1) is 17.8. The third-order valence-electron chi connectivity index (χ3n) is 3.05. The Morgan fingerprint density at radius 3 is 2.52 bits per heavy atom. The molecule has 0 spiro atoms. The van der Waals surface area contributed by atoms with Gasteiger partial charge in [-0.2, -0.15) is 0 Å². The number of carbonyl (C=O) groups is 1. The van der Waals surface area contributed by atoms with Crippen LogP contribution in [-0.2, 0) is 14.8 Å². The van der Waals surface area contributed by atoms with Crippen LogP contribution < -0.4 is 4.31 Å². The smallest absolute Gasteiger partial charge is 0.243 e. The predicted molar refractivity (Wildman–Crippen MR) is 86.2 cm³/mol. The highest BCUT2D eigenvalue weighted by molar-refractivity contribution is 7.92. The molecule has 0 radical (unpaired) electrons. The van der Waals surface area contributed by atoms with E-state index in [1.165, 1.54) is 6.07 Å². The summed E-state index contributed by atoms with van der Waals surface area (Å²) in [6.07, 6.45) is 2.94. The second-order valence-electron chi connectivity index (χ2n) is 4.92. The lowest BCUT2D eigenvalue weighted by molar-refractivity contribution is -0.128. The highest BCUT2D eigenvalue weighted by Crippen LogP contribution is 2.21. The average Bonchev–Trinajstić information content (AvgIpc) is 2.40. The number of sulfonamides is 1. The Morgan fingerprint density at radius 1 is 1.33 bits per heavy atom. The summed E-state index contributed by atoms with van der Waals surface area (Å²) in [5.41, 5.74) is 0.391. The molecule has 5 nitrogen and oxygen atoms in total. The fourth-order valence-electron chi connectivity index (χ4n) is 1.79. The summed E-state index contributed by atoms with van der Waals surface area (Å²) in [5.74, 6) is -0.242. The van der Waals surface area contributed by atoms with Crippen molar-refractivity contribution in [1.29, 1.82) is 0 Å². The summed E-state index contributed by atoms with van der Waals surface area (Å²) < 4.78 is 24.9. The van der Waals surface area contributed by atoms with Gasteiger partial charge in [0.2, 0.25) is 15.9 Å². The minimum absolute atomic E-state index is 0.223. The molecule has 0 aromatic heterocycles. The molecule has 1 aromatic rings. The van der Waals surface area contributed by atoms with Crippen LogP contribution in [-0.4, -0.2) is 45.6 Å². The van der Waals surface area contributed by atoms with Gasteiger partial charge in [-0.3, -0.25) is 9.10 Å². The minimum atomic E-state index is -3.56. The van der Waals surface area contributed by atoms with E-state index < -0.39 is 10.0 Å². The van der Waals surface area contributed by atoms with Crippen molar-refractivity contribution in [3.63, 3.8) is 0 Å². The molecule has 0 saturated heterocycles. The first-order chi connectivity index (χ1) is 9.75. The quantitative estimate of drug-likeness (QED) is 0.770. The molecule has 0 atom stereocenters. The zero-order chi connectivity index (χ0) is 16.0. The number of carbonyl (C=O) groups excluding carboxylic acids is 1. The van der Waals surface area contributed by atoms with E-state index in [-0.39, 0.29) is 12.5 Å². The lowest BCUT2D eigenvalue weighted by Gasteiger charge is -2.25. The Hall–Kier alpha value is -1.27. The number of rotatable bonds is 7. The largest absolute Gasteiger partial charge is 0.344 e. The van der Waals surface area contributed by atoms with Crippen LogP contribution in [0.1, 0.15) is 19.8 Å². The highest BCUT2D eigenvalue weighted by Gasteiger charge is 2.22. The third-order valence-corrected chi connectivity index (χ3v) is 4.42. The Bertz CT molecular complexity index is 590. The Labute approximate surface area is 131 Å². The van der Waals surface area contributed by atoms with Crippen molar-refractivity contribution in [2.75, 3.05) is 30.7 Å². The van der Waals surface area contributed by atoms with Crippen molar-refractivity contribution >= 4 is 33.2 Å². The summed E-state index contributed by atoms with van der Waals surface area (Å²) >= 11 is 5.89. The molecule has 0 aliphatic carbocycles. The van der Waals surface area contributed by atoms with E-state index in [9.17, 15) is 13.2 Å². The van der Waals surface area contributed by atoms with Crippen LogP contribution in [0.25, 0.3) is 0 Å². The molecule has 0 unspecified atom stereocenters. The van der Waals surface area contributed by atoms with Gasteiger partial charge < -0.3 is 4.90 Å². The molecule has 118 valence electrons. The number of unbranched alkanes of at least 4 members (excludes halogenated alkanes) is 1. The zero-order valence-corrected chi connectivity index (χ0v) is 14.1. The van der Waals surface area contributed by atoms with Gasteiger partial charge >= 0.3 is 0 Å². The van der Waals surface area contributed by atoms with Gasteiger partial charge in [0.1, 0.15) is 6.54 Å². The van der Waals surface area contributed by atoms with Gasteiger partial charge in [0.15, 0.2) is 0 Å². The zero-order valence-electron chi connectivity index (χ0n) is 12.5. The standard InChI is InChI=1S/C14H21ClN2O3S/c1-4-5-9-16(2)14(18)11-17(21(3,19)20)13-8-6-7-12(15)10-13/h6-8,10H,4-5,9,11H2,1-3H3. The van der Waals surface area contributed by atoms with Crippen LogP contribution in [0.15, 0.2) is 24.3 Å². The average molecular weight is 333 g/mol. The Kier molecular flexibility index (Phi) is 6.48. The molecular weight excluding hydrogens is 312 g/mol. The molecular formula is C14H21ClN2O3S. The number of likely N-dealkylation sites (N-methyl/N-ethyl adjacent to an activating group) is 1.